The van der Waals surface area contributed by atoms with Gasteiger partial charge in [-0.15, -0.1) is 0 Å². The molecule has 1 aliphatic heterocycles. The van der Waals surface area contributed by atoms with Gasteiger partial charge in [0.05, 0.1) is 13.0 Å². The second-order valence-electron chi connectivity index (χ2n) is 7.34. The topological polar surface area (TPSA) is 84.5 Å². The van der Waals surface area contributed by atoms with Crippen LogP contribution in [-0.4, -0.2) is 22.3 Å². The number of cyclic esters (lactones) is 2. The molecule has 0 N–H and O–H groups in total. The molecule has 1 aromatic heterocycles. The van der Waals surface area contributed by atoms with E-state index in [0.717, 1.165) is 10.4 Å². The number of esters is 2. The lowest BCUT2D eigenvalue weighted by molar-refractivity contribution is -0.622. The van der Waals surface area contributed by atoms with Gasteiger partial charge in [-0.05, 0) is 12.3 Å². The molecular formula is C17H26N2O5. The van der Waals surface area contributed by atoms with Gasteiger partial charge in [0, 0.05) is 27.7 Å². The minimum Gasteiger partial charge on any atom is -0.711 e. The molecule has 0 amide bonds. The predicted molar refractivity (Wildman–Crippen MR) is 85.8 cm³/mol. The maximum atomic E-state index is 12.6. The number of ether oxygens (including phenoxy) is 2. The fraction of sp³-hybridized carbons (Fsp3) is 0.706. The summed E-state index contributed by atoms with van der Waals surface area (Å²) in [4.78, 5) is 25.0. The lowest BCUT2D eigenvalue weighted by Crippen LogP contribution is -2.50. The van der Waals surface area contributed by atoms with Gasteiger partial charge in [0.1, 0.15) is 11.4 Å². The molecule has 2 heterocycles. The summed E-state index contributed by atoms with van der Waals surface area (Å²) >= 11 is 0. The highest BCUT2D eigenvalue weighted by molar-refractivity contribution is 5.97. The van der Waals surface area contributed by atoms with E-state index in [1.54, 1.807) is 18.5 Å². The molecule has 0 unspecified atom stereocenters. The molecule has 0 bridgehead atoms. The first-order valence-electron chi connectivity index (χ1n) is 8.17. The summed E-state index contributed by atoms with van der Waals surface area (Å²) in [6.07, 6.45) is 0.494. The molecule has 0 saturated carbocycles. The predicted octanol–water partition coefficient (Wildman–Crippen LogP) is 1.86. The Kier molecular flexibility index (Phi) is 4.65. The lowest BCUT2D eigenvalue weighted by atomic mass is 9.84. The zero-order valence-electron chi connectivity index (χ0n) is 15.4. The van der Waals surface area contributed by atoms with Gasteiger partial charge in [-0.25, -0.2) is 9.30 Å². The maximum Gasteiger partial charge on any atom is 0.324 e. The van der Waals surface area contributed by atoms with Gasteiger partial charge < -0.3 is 14.7 Å². The Morgan fingerprint density at radius 1 is 1.21 bits per heavy atom. The quantitative estimate of drug-likeness (QED) is 0.362. The van der Waals surface area contributed by atoms with Crippen molar-refractivity contribution >= 4 is 11.9 Å². The van der Waals surface area contributed by atoms with E-state index in [1.165, 1.54) is 13.8 Å². The van der Waals surface area contributed by atoms with Crippen LogP contribution in [0.1, 0.15) is 57.2 Å². The van der Waals surface area contributed by atoms with Gasteiger partial charge in [-0.1, -0.05) is 13.8 Å². The molecule has 1 fully saturated rings. The Hall–Kier alpha value is -2.05. The molecule has 0 spiro atoms. The Labute approximate surface area is 142 Å². The summed E-state index contributed by atoms with van der Waals surface area (Å²) in [5.74, 6) is -3.72. The molecule has 0 radical (unpaired) electrons. The first-order chi connectivity index (χ1) is 11.0. The second-order valence-corrected chi connectivity index (χ2v) is 7.34. The van der Waals surface area contributed by atoms with Crippen LogP contribution in [0.4, 0.5) is 0 Å². The van der Waals surface area contributed by atoms with Crippen molar-refractivity contribution in [1.82, 2.24) is 4.57 Å². The van der Waals surface area contributed by atoms with Gasteiger partial charge in [0.25, 0.3) is 11.6 Å². The Balaban J connectivity index is 2.53. The lowest BCUT2D eigenvalue weighted by Gasteiger charge is -2.35. The van der Waals surface area contributed by atoms with Crippen LogP contribution in [0.2, 0.25) is 0 Å². The number of carbonyl (C=O) groups excluding carboxylic acids is 2. The molecule has 2 rings (SSSR count). The Morgan fingerprint density at radius 3 is 2.08 bits per heavy atom. The average molecular weight is 338 g/mol. The molecule has 1 aromatic rings. The van der Waals surface area contributed by atoms with E-state index in [0.29, 0.717) is 17.9 Å². The highest BCUT2D eigenvalue weighted by atomic mass is 16.7. The van der Waals surface area contributed by atoms with Crippen LogP contribution >= 0.6 is 0 Å². The smallest absolute Gasteiger partial charge is 0.324 e. The highest BCUT2D eigenvalue weighted by Crippen LogP contribution is 2.36. The van der Waals surface area contributed by atoms with Crippen LogP contribution in [0.5, 0.6) is 0 Å². The van der Waals surface area contributed by atoms with Crippen molar-refractivity contribution in [2.45, 2.75) is 59.7 Å². The Morgan fingerprint density at radius 2 is 1.71 bits per heavy atom. The first-order valence-corrected chi connectivity index (χ1v) is 8.17. The summed E-state index contributed by atoms with van der Waals surface area (Å²) < 4.78 is 13.1. The standard InChI is InChI=1S/C17H26N2O5/c1-9(2)8-12(14-18(7)10(3)11(4)19(14)22)13-15(20)23-17(5,6)24-16(13)21/h9,12-13H,8H2,1-7H3/t12-/m1/s1. The van der Waals surface area contributed by atoms with Crippen LogP contribution in [0.15, 0.2) is 0 Å². The van der Waals surface area contributed by atoms with Crippen LogP contribution in [0.25, 0.3) is 0 Å². The van der Waals surface area contributed by atoms with Gasteiger partial charge in [-0.2, -0.15) is 0 Å². The molecule has 1 atom stereocenters. The van der Waals surface area contributed by atoms with E-state index in [2.05, 4.69) is 0 Å². The Bertz CT molecular complexity index is 630. The van der Waals surface area contributed by atoms with E-state index in [4.69, 9.17) is 9.47 Å². The number of aromatic nitrogens is 2. The molecule has 0 aromatic carbocycles. The van der Waals surface area contributed by atoms with Crippen LogP contribution in [0, 0.1) is 30.9 Å². The fourth-order valence-electron chi connectivity index (χ4n) is 3.22. The summed E-state index contributed by atoms with van der Waals surface area (Å²) in [6.45, 7) is 10.5. The SMILES string of the molecule is Cc1c(C)[n+]([O-])c([C@H](CC(C)C)C2C(=O)OC(C)(C)OC2=O)n1C. The van der Waals surface area contributed by atoms with Crippen molar-refractivity contribution in [3.05, 3.63) is 22.4 Å². The second kappa shape index (κ2) is 6.11. The van der Waals surface area contributed by atoms with Crippen molar-refractivity contribution in [2.75, 3.05) is 0 Å². The van der Waals surface area contributed by atoms with Gasteiger partial charge in [0.2, 0.25) is 0 Å². The van der Waals surface area contributed by atoms with E-state index in [9.17, 15) is 14.8 Å². The van der Waals surface area contributed by atoms with Crippen molar-refractivity contribution in [2.24, 2.45) is 18.9 Å². The summed E-state index contributed by atoms with van der Waals surface area (Å²) in [5.41, 5.74) is 1.35. The van der Waals surface area contributed by atoms with E-state index in [1.807, 2.05) is 20.8 Å². The van der Waals surface area contributed by atoms with Gasteiger partial charge in [0.15, 0.2) is 5.92 Å². The molecule has 1 aliphatic rings. The molecule has 0 aliphatic carbocycles. The van der Waals surface area contributed by atoms with E-state index >= 15 is 0 Å². The number of imidazole rings is 1. The normalized spacial score (nSPS) is 19.3. The minimum absolute atomic E-state index is 0.182. The number of nitrogens with zero attached hydrogens (tertiary/aromatic N) is 2. The number of rotatable bonds is 4. The third-order valence-corrected chi connectivity index (χ3v) is 4.54. The minimum atomic E-state index is -1.28. The zero-order chi connectivity index (χ0) is 18.4. The third-order valence-electron chi connectivity index (χ3n) is 4.54. The summed E-state index contributed by atoms with van der Waals surface area (Å²) in [7, 11) is 1.77. The highest BCUT2D eigenvalue weighted by Gasteiger charge is 2.50. The van der Waals surface area contributed by atoms with Crippen molar-refractivity contribution < 1.29 is 23.8 Å². The van der Waals surface area contributed by atoms with Gasteiger partial charge in [-0.3, -0.25) is 9.59 Å². The largest absolute Gasteiger partial charge is 0.711 e. The van der Waals surface area contributed by atoms with E-state index in [-0.39, 0.29) is 5.92 Å². The van der Waals surface area contributed by atoms with Crippen LogP contribution in [0.3, 0.4) is 0 Å². The summed E-state index contributed by atoms with van der Waals surface area (Å²) in [5, 5.41) is 12.6. The molecule has 134 valence electrons. The molecule has 24 heavy (non-hydrogen) atoms. The van der Waals surface area contributed by atoms with Crippen molar-refractivity contribution in [3.8, 4) is 0 Å². The molecular weight excluding hydrogens is 312 g/mol. The third kappa shape index (κ3) is 3.12. The number of hydrogen-bond acceptors (Lipinski definition) is 5. The van der Waals surface area contributed by atoms with E-state index < -0.39 is 29.6 Å². The molecule has 1 saturated heterocycles. The monoisotopic (exact) mass is 338 g/mol. The van der Waals surface area contributed by atoms with Crippen LogP contribution < -0.4 is 4.73 Å². The maximum absolute atomic E-state index is 12.6. The first kappa shape index (κ1) is 18.3. The van der Waals surface area contributed by atoms with Gasteiger partial charge >= 0.3 is 11.9 Å². The number of carbonyl (C=O) groups is 2. The molecule has 7 nitrogen and oxygen atoms in total. The number of hydrogen-bond donors (Lipinski definition) is 0. The molecule has 7 heteroatoms. The van der Waals surface area contributed by atoms with Crippen molar-refractivity contribution in [3.63, 3.8) is 0 Å². The van der Waals surface area contributed by atoms with Crippen LogP contribution in [-0.2, 0) is 26.1 Å². The zero-order valence-corrected chi connectivity index (χ0v) is 15.4. The van der Waals surface area contributed by atoms with Crippen molar-refractivity contribution in [1.29, 1.82) is 0 Å². The summed E-state index contributed by atoms with van der Waals surface area (Å²) in [6, 6.07) is 0. The fourth-order valence-corrected chi connectivity index (χ4v) is 3.22. The average Bonchev–Trinajstić information content (AvgIpc) is 2.59.